The number of aliphatic carboxylic acids is 2. The molecule has 0 bridgehead atoms. The molecule has 0 spiro atoms. The molecule has 2 aliphatic rings. The molecule has 0 radical (unpaired) electrons. The van der Waals surface area contributed by atoms with Gasteiger partial charge in [-0.15, -0.1) is 20.5 Å². The molecule has 2 heterocycles. The van der Waals surface area contributed by atoms with E-state index >= 15 is 0 Å². The number of ether oxygens (including phenoxy) is 8. The molecule has 0 fully saturated rings. The molecule has 6 aromatic carbocycles. The molecule has 1 atom stereocenters. The number of carboxylic acid groups (broad SMARTS) is 2. The standard InChI is InChI=1S/2C24H26N4O4.C14H26O4/c2*1-5-32-21-9-7-6-8-20(21)28-26-24(17-10-15-22(30-3)23(16-17)31-4)25-27(28)18-11-13-19(29-2)14-12-18;1-4-7-8-9-10-11(12(15)16)14(5-2,6-3)13(17)18/h2*6-16H,5H2,1-4H3,(H,25,26);11H,4-10H2,1-3H3,(H,15,16)(H,17,18). The molecule has 6 aromatic rings. The number of unbranched alkanes of at least 4 members (excludes halogenated alkanes) is 3. The molecule has 1 unspecified atom stereocenters. The van der Waals surface area contributed by atoms with Gasteiger partial charge in [0.15, 0.2) is 23.0 Å². The van der Waals surface area contributed by atoms with Gasteiger partial charge in [-0.1, -0.05) is 80.9 Å². The number of carboxylic acids is 2. The number of nitrogens with zero attached hydrogens (tertiary/aromatic N) is 6. The number of hydrazine groups is 2. The quantitative estimate of drug-likeness (QED) is 0.0402. The van der Waals surface area contributed by atoms with Crippen molar-refractivity contribution in [2.75, 3.05) is 76.3 Å². The van der Waals surface area contributed by atoms with Crippen LogP contribution in [0.3, 0.4) is 0 Å². The number of hydrazone groups is 2. The van der Waals surface area contributed by atoms with E-state index in [0.717, 1.165) is 94.2 Å². The van der Waals surface area contributed by atoms with E-state index in [1.54, 1.807) is 56.5 Å². The molecule has 4 N–H and O–H groups in total. The van der Waals surface area contributed by atoms with Crippen molar-refractivity contribution >= 4 is 46.4 Å². The molecule has 0 saturated heterocycles. The van der Waals surface area contributed by atoms with Crippen molar-refractivity contribution in [2.24, 2.45) is 21.5 Å². The van der Waals surface area contributed by atoms with Crippen molar-refractivity contribution in [3.05, 3.63) is 145 Å². The van der Waals surface area contributed by atoms with Gasteiger partial charge in [0.25, 0.3) is 11.7 Å². The molecule has 20 heteroatoms. The summed E-state index contributed by atoms with van der Waals surface area (Å²) in [4.78, 5) is 22.5. The van der Waals surface area contributed by atoms with E-state index in [2.05, 4.69) is 6.92 Å². The van der Waals surface area contributed by atoms with Crippen molar-refractivity contribution in [3.8, 4) is 46.0 Å². The third kappa shape index (κ3) is 14.9. The van der Waals surface area contributed by atoms with Gasteiger partial charge in [-0.2, -0.15) is 10.9 Å². The maximum Gasteiger partial charge on any atom is 0.277 e. The highest BCUT2D eigenvalue weighted by Gasteiger charge is 2.38. The van der Waals surface area contributed by atoms with Gasteiger partial charge in [-0.3, -0.25) is 0 Å². The summed E-state index contributed by atoms with van der Waals surface area (Å²) in [7, 11) is 9.79. The normalized spacial score (nSPS) is 13.1. The van der Waals surface area contributed by atoms with Gasteiger partial charge in [0.2, 0.25) is 0 Å². The number of benzene rings is 6. The van der Waals surface area contributed by atoms with Crippen LogP contribution in [-0.4, -0.2) is 79.5 Å². The number of para-hydroxylation sites is 4. The fourth-order valence-corrected chi connectivity index (χ4v) is 9.49. The third-order valence-corrected chi connectivity index (χ3v) is 14.1. The summed E-state index contributed by atoms with van der Waals surface area (Å²) in [6.45, 7) is 10.5. The average Bonchev–Trinajstić information content (AvgIpc) is 3.94. The van der Waals surface area contributed by atoms with E-state index in [-0.39, 0.29) is 12.8 Å². The minimum absolute atomic E-state index is 0.262. The average molecular weight is 1130 g/mol. The van der Waals surface area contributed by atoms with Crippen LogP contribution in [0.2, 0.25) is 0 Å². The van der Waals surface area contributed by atoms with Gasteiger partial charge in [0, 0.05) is 23.3 Å². The van der Waals surface area contributed by atoms with Gasteiger partial charge in [-0.25, -0.2) is 0 Å². The number of nitrogens with two attached hydrogens (primary N) is 2. The Morgan fingerprint density at radius 3 is 1.26 bits per heavy atom. The molecule has 0 aliphatic carbocycles. The topological polar surface area (TPSA) is 225 Å². The van der Waals surface area contributed by atoms with E-state index in [1.807, 2.05) is 179 Å². The lowest BCUT2D eigenvalue weighted by Gasteiger charge is -2.41. The van der Waals surface area contributed by atoms with Gasteiger partial charge in [0.1, 0.15) is 45.7 Å². The van der Waals surface area contributed by atoms with Crippen molar-refractivity contribution < 1.29 is 68.5 Å². The minimum Gasteiger partial charge on any atom is -0.550 e. The molecule has 2 aliphatic heterocycles. The van der Waals surface area contributed by atoms with Crippen LogP contribution >= 0.6 is 0 Å². The second-order valence-corrected chi connectivity index (χ2v) is 18.7. The summed E-state index contributed by atoms with van der Waals surface area (Å²) in [6.07, 6.45) is 4.63. The number of quaternary nitrogens is 2. The summed E-state index contributed by atoms with van der Waals surface area (Å²) in [5.74, 6) is 3.76. The third-order valence-electron chi connectivity index (χ3n) is 14.1. The number of hydrogen-bond donors (Lipinski definition) is 2. The van der Waals surface area contributed by atoms with E-state index in [1.165, 1.54) is 0 Å². The van der Waals surface area contributed by atoms with Crippen LogP contribution in [0, 0.1) is 11.3 Å². The first-order valence-electron chi connectivity index (χ1n) is 27.5. The van der Waals surface area contributed by atoms with Crippen LogP contribution in [0.1, 0.15) is 90.7 Å². The molecule has 82 heavy (non-hydrogen) atoms. The highest BCUT2D eigenvalue weighted by molar-refractivity contribution is 5.96. The Labute approximate surface area is 481 Å². The van der Waals surface area contributed by atoms with Gasteiger partial charge in [0.05, 0.1) is 67.0 Å². The SMILES string of the molecule is CCCCCCC(C(=O)[O-])C(CC)(CC)C(=O)[O-].CCOc1ccccc1N1N=C(c2ccc(OC)c(OC)c2)[NH2+]N1c1ccc(OC)cc1.CCOc1ccccc1N1N=C(c2ccc(OC)c(OC)c2)[NH2+]N1c1ccc(OC)cc1. The van der Waals surface area contributed by atoms with E-state index in [4.69, 9.17) is 48.1 Å². The predicted molar refractivity (Wildman–Crippen MR) is 312 cm³/mol. The Balaban J connectivity index is 0.000000207. The summed E-state index contributed by atoms with van der Waals surface area (Å²) in [6, 6.07) is 42.8. The van der Waals surface area contributed by atoms with Gasteiger partial charge in [-0.05, 0) is 142 Å². The first kappa shape index (κ1) is 62.3. The molecule has 0 saturated carbocycles. The predicted octanol–water partition coefficient (Wildman–Crippen LogP) is 7.27. The number of carbonyl (C=O) groups excluding carboxylic acids is 2. The highest BCUT2D eigenvalue weighted by Crippen LogP contribution is 2.39. The Hall–Kier alpha value is -8.88. The van der Waals surface area contributed by atoms with Crippen LogP contribution in [-0.2, 0) is 9.59 Å². The Kier molecular flexibility index (Phi) is 23.3. The van der Waals surface area contributed by atoms with Crippen LogP contribution in [0.4, 0.5) is 22.7 Å². The second-order valence-electron chi connectivity index (χ2n) is 18.7. The smallest absolute Gasteiger partial charge is 0.277 e. The summed E-state index contributed by atoms with van der Waals surface area (Å²) >= 11 is 0. The van der Waals surface area contributed by atoms with Gasteiger partial charge < -0.3 is 57.7 Å². The van der Waals surface area contributed by atoms with E-state index in [9.17, 15) is 19.8 Å². The second kappa shape index (κ2) is 30.6. The van der Waals surface area contributed by atoms with Gasteiger partial charge >= 0.3 is 0 Å². The monoisotopic (exact) mass is 1130 g/mol. The van der Waals surface area contributed by atoms with Crippen LogP contribution in [0.25, 0.3) is 0 Å². The Morgan fingerprint density at radius 2 is 0.915 bits per heavy atom. The largest absolute Gasteiger partial charge is 0.550 e. The summed E-state index contributed by atoms with van der Waals surface area (Å²) in [5.41, 5.74) is 7.99. The molecule has 20 nitrogen and oxygen atoms in total. The lowest BCUT2D eigenvalue weighted by atomic mass is 9.69. The lowest BCUT2D eigenvalue weighted by Crippen LogP contribution is -2.96. The van der Waals surface area contributed by atoms with Crippen molar-refractivity contribution in [3.63, 3.8) is 0 Å². The number of carbonyl (C=O) groups is 2. The Morgan fingerprint density at radius 1 is 0.500 bits per heavy atom. The number of amidine groups is 2. The minimum atomic E-state index is -1.29. The molecular formula is C62H78N8O12. The fourth-order valence-electron chi connectivity index (χ4n) is 9.49. The molecule has 438 valence electrons. The maximum absolute atomic E-state index is 11.3. The number of anilines is 4. The zero-order chi connectivity index (χ0) is 59.2. The zero-order valence-electron chi connectivity index (χ0n) is 48.9. The highest BCUT2D eigenvalue weighted by atomic mass is 16.5. The number of methoxy groups -OCH3 is 6. The molecule has 8 rings (SSSR count). The molecule has 0 amide bonds. The fraction of sp³-hybridized carbons (Fsp3) is 0.355. The van der Waals surface area contributed by atoms with Crippen molar-refractivity contribution in [1.29, 1.82) is 0 Å². The first-order valence-corrected chi connectivity index (χ1v) is 27.5. The van der Waals surface area contributed by atoms with Crippen LogP contribution < -0.4 is 79.4 Å². The van der Waals surface area contributed by atoms with Crippen LogP contribution in [0.15, 0.2) is 144 Å². The van der Waals surface area contributed by atoms with Crippen molar-refractivity contribution in [1.82, 2.24) is 0 Å². The summed E-state index contributed by atoms with van der Waals surface area (Å²) in [5, 5.41) is 40.0. The lowest BCUT2D eigenvalue weighted by molar-refractivity contribution is -0.545. The first-order chi connectivity index (χ1) is 39.8. The maximum atomic E-state index is 11.3. The molecule has 0 aromatic heterocycles. The molecular weight excluding hydrogens is 1050 g/mol. The van der Waals surface area contributed by atoms with Crippen LogP contribution in [0.5, 0.6) is 46.0 Å². The van der Waals surface area contributed by atoms with E-state index in [0.29, 0.717) is 42.6 Å². The van der Waals surface area contributed by atoms with Crippen molar-refractivity contribution in [2.45, 2.75) is 79.6 Å². The number of rotatable bonds is 26. The van der Waals surface area contributed by atoms with E-state index < -0.39 is 23.3 Å². The zero-order valence-corrected chi connectivity index (χ0v) is 48.9. The number of hydrogen-bond acceptors (Lipinski definition) is 18. The Bertz CT molecular complexity index is 2890. The summed E-state index contributed by atoms with van der Waals surface area (Å²) < 4.78 is 44.1.